The van der Waals surface area contributed by atoms with E-state index in [1.165, 1.54) is 16.7 Å². The van der Waals surface area contributed by atoms with Gasteiger partial charge in [-0.3, -0.25) is 0 Å². The summed E-state index contributed by atoms with van der Waals surface area (Å²) in [7, 11) is 0. The molecule has 0 atom stereocenters. The van der Waals surface area contributed by atoms with Crippen molar-refractivity contribution in [1.82, 2.24) is 0 Å². The molecule has 0 aromatic heterocycles. The molecule has 0 saturated heterocycles. The van der Waals surface area contributed by atoms with E-state index < -0.39 is 0 Å². The van der Waals surface area contributed by atoms with Crippen molar-refractivity contribution < 1.29 is 15.3 Å². The lowest BCUT2D eigenvalue weighted by atomic mass is 10.1. The Balaban J connectivity index is 0.000000201. The minimum absolute atomic E-state index is 0.322. The normalized spacial score (nSPS) is 8.90. The molecule has 0 amide bonds. The van der Waals surface area contributed by atoms with E-state index in [0.717, 1.165) is 0 Å². The van der Waals surface area contributed by atoms with Gasteiger partial charge in [0.2, 0.25) is 0 Å². The summed E-state index contributed by atoms with van der Waals surface area (Å²) in [5.74, 6) is 0.965. The molecule has 156 valence electrons. The third-order valence-electron chi connectivity index (χ3n) is 3.63. The summed E-state index contributed by atoms with van der Waals surface area (Å²) in [6.07, 6.45) is 0. The number of phenols is 3. The predicted molar refractivity (Wildman–Crippen MR) is 125 cm³/mol. The lowest BCUT2D eigenvalue weighted by molar-refractivity contribution is 0.475. The lowest BCUT2D eigenvalue weighted by Crippen LogP contribution is -1.78. The highest BCUT2D eigenvalue weighted by molar-refractivity contribution is 5.27. The minimum Gasteiger partial charge on any atom is -0.508 e. The molecule has 3 N–H and O–H groups in total. The molecule has 3 nitrogen and oxygen atoms in total. The highest BCUT2D eigenvalue weighted by Crippen LogP contribution is 2.06. The van der Waals surface area contributed by atoms with E-state index in [1.807, 2.05) is 18.2 Å². The summed E-state index contributed by atoms with van der Waals surface area (Å²) < 4.78 is 0. The first-order valence-electron chi connectivity index (χ1n) is 9.63. The second-order valence-corrected chi connectivity index (χ2v) is 6.67. The van der Waals surface area contributed by atoms with Gasteiger partial charge < -0.3 is 15.3 Å². The Labute approximate surface area is 179 Å². The van der Waals surface area contributed by atoms with Gasteiger partial charge in [0, 0.05) is 0 Å². The standard InChI is InChI=1S/C9H12.3C6H6O/c1-7-4-8(2)6-9(3)5-7;3*7-6-4-2-1-3-5-6/h4-6H,1-3H3;3*1-5,7H. The number of hydrogen-bond acceptors (Lipinski definition) is 3. The first-order chi connectivity index (χ1) is 14.4. The summed E-state index contributed by atoms with van der Waals surface area (Å²) in [5, 5.41) is 25.9. The van der Waals surface area contributed by atoms with Crippen molar-refractivity contribution in [1.29, 1.82) is 0 Å². The third kappa shape index (κ3) is 12.6. The van der Waals surface area contributed by atoms with Crippen LogP contribution in [0.1, 0.15) is 16.7 Å². The van der Waals surface area contributed by atoms with Crippen molar-refractivity contribution >= 4 is 0 Å². The molecule has 0 radical (unpaired) electrons. The van der Waals surface area contributed by atoms with Crippen LogP contribution < -0.4 is 0 Å². The van der Waals surface area contributed by atoms with Crippen LogP contribution in [0.3, 0.4) is 0 Å². The largest absolute Gasteiger partial charge is 0.508 e. The fourth-order valence-corrected chi connectivity index (χ4v) is 2.49. The summed E-state index contributed by atoms with van der Waals surface area (Å²) in [4.78, 5) is 0. The molecule has 0 heterocycles. The first-order valence-corrected chi connectivity index (χ1v) is 9.63. The number of rotatable bonds is 0. The van der Waals surface area contributed by atoms with Crippen LogP contribution in [0.4, 0.5) is 0 Å². The van der Waals surface area contributed by atoms with Crippen molar-refractivity contribution in [2.75, 3.05) is 0 Å². The molecule has 0 fully saturated rings. The second-order valence-electron chi connectivity index (χ2n) is 6.67. The zero-order chi connectivity index (χ0) is 22.2. The zero-order valence-electron chi connectivity index (χ0n) is 17.7. The molecule has 0 saturated carbocycles. The molecular formula is C27H30O3. The van der Waals surface area contributed by atoms with E-state index in [9.17, 15) is 0 Å². The highest BCUT2D eigenvalue weighted by atomic mass is 16.3. The van der Waals surface area contributed by atoms with Crippen molar-refractivity contribution in [3.63, 3.8) is 0 Å². The molecule has 0 aliphatic rings. The second kappa shape index (κ2) is 14.3. The predicted octanol–water partition coefficient (Wildman–Crippen LogP) is 6.79. The van der Waals surface area contributed by atoms with Crippen molar-refractivity contribution in [2.45, 2.75) is 20.8 Å². The number of aromatic hydroxyl groups is 3. The van der Waals surface area contributed by atoms with E-state index in [0.29, 0.717) is 17.2 Å². The van der Waals surface area contributed by atoms with E-state index >= 15 is 0 Å². The van der Waals surface area contributed by atoms with Crippen molar-refractivity contribution in [2.24, 2.45) is 0 Å². The van der Waals surface area contributed by atoms with Gasteiger partial charge in [0.15, 0.2) is 0 Å². The SMILES string of the molecule is Cc1cc(C)cc(C)c1.Oc1ccccc1.Oc1ccccc1.Oc1ccccc1. The lowest BCUT2D eigenvalue weighted by Gasteiger charge is -1.96. The van der Waals surface area contributed by atoms with E-state index in [-0.39, 0.29) is 0 Å². The summed E-state index contributed by atoms with van der Waals surface area (Å²) in [6.45, 7) is 6.38. The highest BCUT2D eigenvalue weighted by Gasteiger charge is 1.87. The Morgan fingerprint density at radius 2 is 0.567 bits per heavy atom. The van der Waals surface area contributed by atoms with Crippen molar-refractivity contribution in [3.05, 3.63) is 126 Å². The van der Waals surface area contributed by atoms with E-state index in [4.69, 9.17) is 15.3 Å². The number of phenolic OH excluding ortho intramolecular Hbond substituents is 3. The molecule has 0 aliphatic heterocycles. The molecule has 4 aromatic rings. The Hall–Kier alpha value is -3.72. The topological polar surface area (TPSA) is 60.7 Å². The molecule has 0 bridgehead atoms. The summed E-state index contributed by atoms with van der Waals surface area (Å²) in [5.41, 5.74) is 4.06. The number of aryl methyl sites for hydroxylation is 3. The van der Waals surface area contributed by atoms with Gasteiger partial charge in [0.25, 0.3) is 0 Å². The maximum Gasteiger partial charge on any atom is 0.115 e. The van der Waals surface area contributed by atoms with Gasteiger partial charge in [-0.25, -0.2) is 0 Å². The minimum atomic E-state index is 0.322. The first kappa shape index (κ1) is 24.3. The van der Waals surface area contributed by atoms with E-state index in [2.05, 4.69) is 39.0 Å². The molecule has 0 unspecified atom stereocenters. The van der Waals surface area contributed by atoms with Crippen molar-refractivity contribution in [3.8, 4) is 17.2 Å². The molecule has 0 spiro atoms. The van der Waals surface area contributed by atoms with Gasteiger partial charge in [0.1, 0.15) is 17.2 Å². The van der Waals surface area contributed by atoms with Crippen LogP contribution in [0.25, 0.3) is 0 Å². The molecule has 3 heteroatoms. The molecule has 4 rings (SSSR count). The van der Waals surface area contributed by atoms with Crippen LogP contribution in [0.5, 0.6) is 17.2 Å². The Kier molecular flexibility index (Phi) is 11.6. The van der Waals surface area contributed by atoms with Gasteiger partial charge in [-0.1, -0.05) is 89.5 Å². The fraction of sp³-hybridized carbons (Fsp3) is 0.111. The molecule has 0 aliphatic carbocycles. The Morgan fingerprint density at radius 1 is 0.367 bits per heavy atom. The van der Waals surface area contributed by atoms with Crippen LogP contribution >= 0.6 is 0 Å². The van der Waals surface area contributed by atoms with Gasteiger partial charge in [-0.15, -0.1) is 0 Å². The Bertz CT molecular complexity index is 798. The van der Waals surface area contributed by atoms with Crippen LogP contribution in [0.15, 0.2) is 109 Å². The maximum absolute atomic E-state index is 8.63. The number of hydrogen-bond donors (Lipinski definition) is 3. The van der Waals surface area contributed by atoms with Gasteiger partial charge in [-0.05, 0) is 57.2 Å². The summed E-state index contributed by atoms with van der Waals surface area (Å²) >= 11 is 0. The Morgan fingerprint density at radius 3 is 0.700 bits per heavy atom. The smallest absolute Gasteiger partial charge is 0.115 e. The van der Waals surface area contributed by atoms with Gasteiger partial charge in [0.05, 0.1) is 0 Å². The zero-order valence-corrected chi connectivity index (χ0v) is 17.7. The van der Waals surface area contributed by atoms with Crippen LogP contribution in [-0.4, -0.2) is 15.3 Å². The van der Waals surface area contributed by atoms with Gasteiger partial charge in [-0.2, -0.15) is 0 Å². The fourth-order valence-electron chi connectivity index (χ4n) is 2.49. The monoisotopic (exact) mass is 402 g/mol. The number of para-hydroxylation sites is 3. The maximum atomic E-state index is 8.63. The average Bonchev–Trinajstić information content (AvgIpc) is 2.70. The molecule has 30 heavy (non-hydrogen) atoms. The average molecular weight is 403 g/mol. The number of benzene rings is 4. The van der Waals surface area contributed by atoms with Crippen LogP contribution in [0.2, 0.25) is 0 Å². The molecular weight excluding hydrogens is 372 g/mol. The third-order valence-corrected chi connectivity index (χ3v) is 3.63. The van der Waals surface area contributed by atoms with Crippen LogP contribution in [-0.2, 0) is 0 Å². The van der Waals surface area contributed by atoms with Gasteiger partial charge >= 0.3 is 0 Å². The van der Waals surface area contributed by atoms with E-state index in [1.54, 1.807) is 72.8 Å². The van der Waals surface area contributed by atoms with Crippen LogP contribution in [0, 0.1) is 20.8 Å². The quantitative estimate of drug-likeness (QED) is 0.303. The summed E-state index contributed by atoms with van der Waals surface area (Å²) in [6, 6.07) is 32.7. The molecule has 4 aromatic carbocycles.